The van der Waals surface area contributed by atoms with Crippen LogP contribution in [0, 0.1) is 5.92 Å². The second-order valence-corrected chi connectivity index (χ2v) is 11.6. The van der Waals surface area contributed by atoms with Gasteiger partial charge in [-0.15, -0.1) is 0 Å². The molecule has 7 nitrogen and oxygen atoms in total. The maximum Gasteiger partial charge on any atom is 0.310 e. The van der Waals surface area contributed by atoms with Gasteiger partial charge in [-0.3, -0.25) is 14.5 Å². The van der Waals surface area contributed by atoms with Crippen molar-refractivity contribution in [1.29, 1.82) is 0 Å². The van der Waals surface area contributed by atoms with Gasteiger partial charge in [0.05, 0.1) is 17.0 Å². The van der Waals surface area contributed by atoms with Crippen molar-refractivity contribution in [3.8, 4) is 0 Å². The van der Waals surface area contributed by atoms with Crippen LogP contribution < -0.4 is 10.5 Å². The number of nitrogens with zero attached hydrogens (tertiary/aromatic N) is 4. The topological polar surface area (TPSA) is 78.7 Å². The van der Waals surface area contributed by atoms with Gasteiger partial charge in [-0.2, -0.15) is 0 Å². The molecular weight excluding hydrogens is 464 g/mol. The van der Waals surface area contributed by atoms with Crippen molar-refractivity contribution in [3.63, 3.8) is 0 Å². The monoisotopic (exact) mass is 508 g/mol. The summed E-state index contributed by atoms with van der Waals surface area (Å²) < 4.78 is 2.01. The molecule has 202 valence electrons. The molecule has 2 aromatic rings. The lowest BCUT2D eigenvalue weighted by atomic mass is 9.88. The van der Waals surface area contributed by atoms with Crippen LogP contribution in [-0.4, -0.2) is 57.2 Å². The molecule has 5 rings (SSSR count). The van der Waals surface area contributed by atoms with Gasteiger partial charge in [0.1, 0.15) is 0 Å². The zero-order chi connectivity index (χ0) is 25.8. The lowest BCUT2D eigenvalue weighted by Gasteiger charge is -2.45. The van der Waals surface area contributed by atoms with Gasteiger partial charge in [0.15, 0.2) is 5.82 Å². The second kappa shape index (κ2) is 12.0. The molecule has 37 heavy (non-hydrogen) atoms. The third-order valence-electron chi connectivity index (χ3n) is 9.07. The predicted octanol–water partition coefficient (Wildman–Crippen LogP) is 5.62. The van der Waals surface area contributed by atoms with Crippen molar-refractivity contribution in [1.82, 2.24) is 14.5 Å². The first-order valence-electron chi connectivity index (χ1n) is 14.8. The van der Waals surface area contributed by atoms with Crippen molar-refractivity contribution < 1.29 is 9.90 Å². The van der Waals surface area contributed by atoms with Gasteiger partial charge in [0.2, 0.25) is 0 Å². The smallest absolute Gasteiger partial charge is 0.310 e. The summed E-state index contributed by atoms with van der Waals surface area (Å²) in [5, 5.41) is 9.34. The maximum atomic E-state index is 13.9. The number of aliphatic carboxylic acids is 1. The van der Waals surface area contributed by atoms with Crippen LogP contribution in [0.25, 0.3) is 11.0 Å². The Labute approximate surface area is 220 Å². The van der Waals surface area contributed by atoms with Crippen LogP contribution in [0.3, 0.4) is 0 Å². The molecule has 2 aliphatic heterocycles. The Morgan fingerprint density at radius 1 is 0.973 bits per heavy atom. The number of para-hydroxylation sites is 2. The fourth-order valence-corrected chi connectivity index (χ4v) is 7.02. The standard InChI is InChI=1S/C30H44N4O3/c1-2-12-24-19-25(17-18-33(24)23-13-8-6-4-3-5-7-9-14-23)34-27-16-11-10-15-26(27)31-28(29(34)35)32-20-22(21-32)30(36)37/h10-11,15-16,22-25H,2-9,12-14,17-21H2,1H3,(H,36,37)/t24-,25-/m0/s1. The molecule has 2 atom stereocenters. The van der Waals surface area contributed by atoms with Gasteiger partial charge in [0, 0.05) is 37.8 Å². The summed E-state index contributed by atoms with van der Waals surface area (Å²) in [4.78, 5) is 34.7. The first-order valence-corrected chi connectivity index (χ1v) is 14.8. The average molecular weight is 509 g/mol. The van der Waals surface area contributed by atoms with Gasteiger partial charge < -0.3 is 14.6 Å². The van der Waals surface area contributed by atoms with Gasteiger partial charge in [-0.1, -0.05) is 70.4 Å². The van der Waals surface area contributed by atoms with Crippen molar-refractivity contribution in [3.05, 3.63) is 34.6 Å². The molecule has 0 amide bonds. The molecule has 3 heterocycles. The van der Waals surface area contributed by atoms with E-state index in [1.807, 2.05) is 33.7 Å². The second-order valence-electron chi connectivity index (χ2n) is 11.6. The van der Waals surface area contributed by atoms with Crippen molar-refractivity contribution >= 4 is 22.8 Å². The third kappa shape index (κ3) is 5.71. The van der Waals surface area contributed by atoms with E-state index >= 15 is 0 Å². The summed E-state index contributed by atoms with van der Waals surface area (Å²) in [5.74, 6) is -0.804. The third-order valence-corrected chi connectivity index (χ3v) is 9.07. The van der Waals surface area contributed by atoms with E-state index in [-0.39, 0.29) is 11.6 Å². The molecule has 2 saturated heterocycles. The van der Waals surface area contributed by atoms with Crippen LogP contribution in [0.2, 0.25) is 0 Å². The zero-order valence-electron chi connectivity index (χ0n) is 22.5. The molecule has 0 bridgehead atoms. The normalized spacial score (nSPS) is 25.2. The molecule has 3 aliphatic rings. The van der Waals surface area contributed by atoms with Crippen LogP contribution in [0.4, 0.5) is 5.82 Å². The number of fused-ring (bicyclic) bond motifs is 1. The summed E-state index contributed by atoms with van der Waals surface area (Å²) >= 11 is 0. The summed E-state index contributed by atoms with van der Waals surface area (Å²) in [7, 11) is 0. The van der Waals surface area contributed by atoms with Gasteiger partial charge >= 0.3 is 5.97 Å². The molecular formula is C30H44N4O3. The van der Waals surface area contributed by atoms with E-state index in [2.05, 4.69) is 11.8 Å². The molecule has 0 radical (unpaired) electrons. The lowest BCUT2D eigenvalue weighted by molar-refractivity contribution is -0.142. The first kappa shape index (κ1) is 26.2. The maximum absolute atomic E-state index is 13.9. The van der Waals surface area contributed by atoms with Crippen LogP contribution in [0.15, 0.2) is 29.1 Å². The highest BCUT2D eigenvalue weighted by molar-refractivity contribution is 5.78. The van der Waals surface area contributed by atoms with Crippen molar-refractivity contribution in [2.24, 2.45) is 5.92 Å². The number of carboxylic acids is 1. The highest BCUT2D eigenvalue weighted by atomic mass is 16.4. The highest BCUT2D eigenvalue weighted by Gasteiger charge is 2.37. The van der Waals surface area contributed by atoms with Gasteiger partial charge in [-0.25, -0.2) is 4.98 Å². The molecule has 3 fully saturated rings. The SMILES string of the molecule is CCC[C@H]1C[C@@H](n2c(=O)c(N3CC(C(=O)O)C3)nc3ccccc32)CCN1C1CCCCCCCCC1. The van der Waals surface area contributed by atoms with E-state index in [1.54, 1.807) is 0 Å². The molecule has 1 N–H and O–H groups in total. The highest BCUT2D eigenvalue weighted by Crippen LogP contribution is 2.35. The number of aromatic nitrogens is 2. The predicted molar refractivity (Wildman–Crippen MR) is 148 cm³/mol. The van der Waals surface area contributed by atoms with Crippen molar-refractivity contribution in [2.75, 3.05) is 24.5 Å². The molecule has 1 aliphatic carbocycles. The average Bonchev–Trinajstić information content (AvgIpc) is 2.87. The molecule has 1 aromatic heterocycles. The van der Waals surface area contributed by atoms with E-state index in [0.29, 0.717) is 31.0 Å². The lowest BCUT2D eigenvalue weighted by Crippen LogP contribution is -2.53. The Morgan fingerprint density at radius 2 is 1.65 bits per heavy atom. The summed E-state index contributed by atoms with van der Waals surface area (Å²) in [5.41, 5.74) is 1.66. The Kier molecular flexibility index (Phi) is 8.48. The summed E-state index contributed by atoms with van der Waals surface area (Å²) in [6.45, 7) is 4.04. The van der Waals surface area contributed by atoms with E-state index in [1.165, 1.54) is 64.2 Å². The molecule has 1 saturated carbocycles. The van der Waals surface area contributed by atoms with Crippen LogP contribution in [0.1, 0.15) is 96.4 Å². The number of piperidine rings is 1. The minimum atomic E-state index is -0.798. The van der Waals surface area contributed by atoms with E-state index in [0.717, 1.165) is 36.8 Å². The van der Waals surface area contributed by atoms with Crippen LogP contribution >= 0.6 is 0 Å². The summed E-state index contributed by atoms with van der Waals surface area (Å²) in [6, 6.07) is 9.26. The van der Waals surface area contributed by atoms with E-state index in [9.17, 15) is 14.7 Å². The Hall–Kier alpha value is -2.41. The number of rotatable bonds is 6. The minimum Gasteiger partial charge on any atom is -0.481 e. The number of carbonyl (C=O) groups is 1. The number of hydrogen-bond acceptors (Lipinski definition) is 5. The van der Waals surface area contributed by atoms with Gasteiger partial charge in [0.25, 0.3) is 5.56 Å². The van der Waals surface area contributed by atoms with Crippen molar-refractivity contribution in [2.45, 2.75) is 109 Å². The van der Waals surface area contributed by atoms with Crippen LogP contribution in [0.5, 0.6) is 0 Å². The minimum absolute atomic E-state index is 0.0603. The molecule has 1 aromatic carbocycles. The molecule has 7 heteroatoms. The fourth-order valence-electron chi connectivity index (χ4n) is 7.02. The molecule has 0 spiro atoms. The Morgan fingerprint density at radius 3 is 2.32 bits per heavy atom. The van der Waals surface area contributed by atoms with Crippen LogP contribution in [-0.2, 0) is 4.79 Å². The van der Waals surface area contributed by atoms with E-state index < -0.39 is 11.9 Å². The quantitative estimate of drug-likeness (QED) is 0.546. The number of benzene rings is 1. The Bertz CT molecular complexity index is 1120. The number of hydrogen-bond donors (Lipinski definition) is 1. The number of carboxylic acid groups (broad SMARTS) is 1. The zero-order valence-corrected chi connectivity index (χ0v) is 22.5. The first-order chi connectivity index (χ1) is 18.1. The Balaban J connectivity index is 1.41. The van der Waals surface area contributed by atoms with E-state index in [4.69, 9.17) is 4.98 Å². The van der Waals surface area contributed by atoms with Gasteiger partial charge in [-0.05, 0) is 44.2 Å². The molecule has 0 unspecified atom stereocenters. The number of likely N-dealkylation sites (tertiary alicyclic amines) is 1. The fraction of sp³-hybridized carbons (Fsp3) is 0.700. The summed E-state index contributed by atoms with van der Waals surface area (Å²) in [6.07, 6.45) is 16.5. The largest absolute Gasteiger partial charge is 0.481 e. The number of anilines is 1.